The predicted octanol–water partition coefficient (Wildman–Crippen LogP) is 2.84. The molecule has 2 aromatic heterocycles. The van der Waals surface area contributed by atoms with Gasteiger partial charge in [0.25, 0.3) is 5.56 Å². The number of rotatable bonds is 4. The highest BCUT2D eigenvalue weighted by Gasteiger charge is 2.18. The molecule has 22 heavy (non-hydrogen) atoms. The van der Waals surface area contributed by atoms with E-state index in [9.17, 15) is 4.79 Å². The zero-order valence-corrected chi connectivity index (χ0v) is 13.1. The van der Waals surface area contributed by atoms with Gasteiger partial charge in [0.1, 0.15) is 0 Å². The fourth-order valence-corrected chi connectivity index (χ4v) is 2.65. The molecular weight excluding hydrogens is 276 g/mol. The number of benzene rings is 1. The molecule has 1 N–H and O–H groups in total. The summed E-state index contributed by atoms with van der Waals surface area (Å²) in [6.07, 6.45) is 5.39. The Bertz CT molecular complexity index is 807. The highest BCUT2D eigenvalue weighted by Crippen LogP contribution is 2.17. The average Bonchev–Trinajstić information content (AvgIpc) is 3.08. The molecule has 0 aliphatic rings. The van der Waals surface area contributed by atoms with E-state index in [-0.39, 0.29) is 11.5 Å². The molecule has 2 heterocycles. The molecule has 0 spiro atoms. The second kappa shape index (κ2) is 5.67. The van der Waals surface area contributed by atoms with Crippen LogP contribution in [0.2, 0.25) is 0 Å². The Morgan fingerprint density at radius 2 is 1.95 bits per heavy atom. The number of hydrogen-bond acceptors (Lipinski definition) is 2. The fourth-order valence-electron chi connectivity index (χ4n) is 2.65. The molecule has 0 aliphatic carbocycles. The monoisotopic (exact) mass is 296 g/mol. The molecule has 0 fully saturated rings. The van der Waals surface area contributed by atoms with Crippen molar-refractivity contribution in [1.82, 2.24) is 19.3 Å². The number of nitrogens with one attached hydrogen (secondary N) is 1. The molecule has 0 unspecified atom stereocenters. The summed E-state index contributed by atoms with van der Waals surface area (Å²) in [7, 11) is 0. The van der Waals surface area contributed by atoms with Gasteiger partial charge in [-0.2, -0.15) is 0 Å². The third-order valence-corrected chi connectivity index (χ3v) is 3.77. The first kappa shape index (κ1) is 14.4. The summed E-state index contributed by atoms with van der Waals surface area (Å²) < 4.78 is 3.58. The molecule has 0 atom stereocenters. The summed E-state index contributed by atoms with van der Waals surface area (Å²) in [5.74, 6) is 0.161. The molecule has 0 saturated carbocycles. The maximum absolute atomic E-state index is 12.8. The summed E-state index contributed by atoms with van der Waals surface area (Å²) in [6.45, 7) is 6.73. The van der Waals surface area contributed by atoms with Crippen molar-refractivity contribution in [3.8, 4) is 5.69 Å². The summed E-state index contributed by atoms with van der Waals surface area (Å²) in [6, 6.07) is 7.93. The van der Waals surface area contributed by atoms with Gasteiger partial charge in [0.2, 0.25) is 0 Å². The van der Waals surface area contributed by atoms with Crippen molar-refractivity contribution in [2.75, 3.05) is 0 Å². The van der Waals surface area contributed by atoms with Crippen molar-refractivity contribution in [3.05, 3.63) is 70.2 Å². The smallest absolute Gasteiger partial charge is 0.274 e. The first-order valence-electron chi connectivity index (χ1n) is 7.43. The number of imidazole rings is 1. The molecule has 114 valence electrons. The molecule has 5 heteroatoms. The number of hydrogen-bond donors (Lipinski definition) is 1. The van der Waals surface area contributed by atoms with E-state index in [2.05, 4.69) is 10.1 Å². The average molecular weight is 296 g/mol. The van der Waals surface area contributed by atoms with Gasteiger partial charge in [0.15, 0.2) is 0 Å². The van der Waals surface area contributed by atoms with Crippen LogP contribution in [0.25, 0.3) is 5.69 Å². The number of aryl methyl sites for hydroxylation is 1. The first-order chi connectivity index (χ1) is 10.6. The van der Waals surface area contributed by atoms with Gasteiger partial charge in [0.05, 0.1) is 24.3 Å². The molecule has 3 rings (SSSR count). The largest absolute Gasteiger partial charge is 0.332 e. The van der Waals surface area contributed by atoms with E-state index in [1.54, 1.807) is 17.2 Å². The Hall–Kier alpha value is -2.56. The summed E-state index contributed by atoms with van der Waals surface area (Å²) in [5, 5.41) is 3.26. The van der Waals surface area contributed by atoms with E-state index >= 15 is 0 Å². The lowest BCUT2D eigenvalue weighted by Gasteiger charge is -2.05. The summed E-state index contributed by atoms with van der Waals surface area (Å²) >= 11 is 0. The van der Waals surface area contributed by atoms with Crippen molar-refractivity contribution in [2.24, 2.45) is 0 Å². The van der Waals surface area contributed by atoms with Gasteiger partial charge in [0, 0.05) is 18.0 Å². The Labute approximate surface area is 129 Å². The lowest BCUT2D eigenvalue weighted by molar-refractivity contribution is 0.729. The maximum Gasteiger partial charge on any atom is 0.274 e. The number of aromatic amines is 1. The Morgan fingerprint density at radius 1 is 1.23 bits per heavy atom. The molecule has 0 saturated heterocycles. The van der Waals surface area contributed by atoms with Crippen molar-refractivity contribution in [2.45, 2.75) is 33.2 Å². The maximum atomic E-state index is 12.8. The second-order valence-electron chi connectivity index (χ2n) is 5.87. The highest BCUT2D eigenvalue weighted by atomic mass is 16.1. The SMILES string of the molecule is Cc1ccc(-n2[nH]c(Cn3ccnc3)c(C(C)C)c2=O)cc1. The van der Waals surface area contributed by atoms with Gasteiger partial charge < -0.3 is 4.57 Å². The van der Waals surface area contributed by atoms with E-state index in [0.717, 1.165) is 16.9 Å². The quantitative estimate of drug-likeness (QED) is 0.805. The molecule has 0 amide bonds. The van der Waals surface area contributed by atoms with Crippen LogP contribution in [0.5, 0.6) is 0 Å². The van der Waals surface area contributed by atoms with Crippen LogP contribution in [0.3, 0.4) is 0 Å². The van der Waals surface area contributed by atoms with Gasteiger partial charge in [-0.1, -0.05) is 31.5 Å². The van der Waals surface area contributed by atoms with E-state index in [4.69, 9.17) is 0 Å². The van der Waals surface area contributed by atoms with Gasteiger partial charge in [-0.3, -0.25) is 9.89 Å². The van der Waals surface area contributed by atoms with Crippen LogP contribution in [-0.2, 0) is 6.54 Å². The molecular formula is C17H20N4O. The van der Waals surface area contributed by atoms with Crippen LogP contribution < -0.4 is 5.56 Å². The highest BCUT2D eigenvalue weighted by molar-refractivity contribution is 5.36. The number of aromatic nitrogens is 4. The lowest BCUT2D eigenvalue weighted by atomic mass is 10.0. The zero-order valence-electron chi connectivity index (χ0n) is 13.1. The summed E-state index contributed by atoms with van der Waals surface area (Å²) in [5.41, 5.74) is 3.81. The molecule has 3 aromatic rings. The lowest BCUT2D eigenvalue weighted by Crippen LogP contribution is -2.18. The third-order valence-electron chi connectivity index (χ3n) is 3.77. The molecule has 0 aliphatic heterocycles. The van der Waals surface area contributed by atoms with Gasteiger partial charge >= 0.3 is 0 Å². The minimum Gasteiger partial charge on any atom is -0.332 e. The fraction of sp³-hybridized carbons (Fsp3) is 0.294. The van der Waals surface area contributed by atoms with E-state index in [0.29, 0.717) is 6.54 Å². The molecule has 1 aromatic carbocycles. The summed E-state index contributed by atoms with van der Waals surface area (Å²) in [4.78, 5) is 16.8. The topological polar surface area (TPSA) is 55.6 Å². The Morgan fingerprint density at radius 3 is 2.55 bits per heavy atom. The van der Waals surface area contributed by atoms with Crippen LogP contribution in [-0.4, -0.2) is 19.3 Å². The first-order valence-corrected chi connectivity index (χ1v) is 7.43. The second-order valence-corrected chi connectivity index (χ2v) is 5.87. The minimum absolute atomic E-state index is 0.0222. The minimum atomic E-state index is 0.0222. The van der Waals surface area contributed by atoms with Crippen LogP contribution in [0, 0.1) is 6.92 Å². The molecule has 5 nitrogen and oxygen atoms in total. The van der Waals surface area contributed by atoms with Gasteiger partial charge in [-0.25, -0.2) is 9.67 Å². The van der Waals surface area contributed by atoms with Crippen LogP contribution in [0.1, 0.15) is 36.6 Å². The number of H-pyrrole nitrogens is 1. The normalized spacial score (nSPS) is 11.3. The molecule has 0 radical (unpaired) electrons. The molecule has 0 bridgehead atoms. The van der Waals surface area contributed by atoms with Crippen molar-refractivity contribution < 1.29 is 0 Å². The van der Waals surface area contributed by atoms with E-state index < -0.39 is 0 Å². The van der Waals surface area contributed by atoms with Crippen LogP contribution in [0.4, 0.5) is 0 Å². The van der Waals surface area contributed by atoms with Crippen LogP contribution in [0.15, 0.2) is 47.8 Å². The van der Waals surface area contributed by atoms with Gasteiger partial charge in [-0.05, 0) is 25.0 Å². The van der Waals surface area contributed by atoms with E-state index in [1.807, 2.05) is 55.8 Å². The van der Waals surface area contributed by atoms with Crippen molar-refractivity contribution in [3.63, 3.8) is 0 Å². The van der Waals surface area contributed by atoms with Gasteiger partial charge in [-0.15, -0.1) is 0 Å². The van der Waals surface area contributed by atoms with E-state index in [1.165, 1.54) is 5.56 Å². The van der Waals surface area contributed by atoms with Crippen molar-refractivity contribution in [1.29, 1.82) is 0 Å². The zero-order chi connectivity index (χ0) is 15.7. The third kappa shape index (κ3) is 2.62. The van der Waals surface area contributed by atoms with Crippen LogP contribution >= 0.6 is 0 Å². The Kier molecular flexibility index (Phi) is 3.71. The standard InChI is InChI=1S/C17H20N4O/c1-12(2)16-15(10-20-9-8-18-11-20)19-21(17(16)22)14-6-4-13(3)5-7-14/h4-9,11-12,19H,10H2,1-3H3. The number of nitrogens with zero attached hydrogens (tertiary/aromatic N) is 3. The Balaban J connectivity index is 2.08. The van der Waals surface area contributed by atoms with Crippen molar-refractivity contribution >= 4 is 0 Å². The predicted molar refractivity (Wildman–Crippen MR) is 86.5 cm³/mol.